The van der Waals surface area contributed by atoms with Crippen molar-refractivity contribution in [2.45, 2.75) is 51.6 Å². The highest BCUT2D eigenvalue weighted by molar-refractivity contribution is 5.77. The van der Waals surface area contributed by atoms with Crippen LogP contribution in [0.25, 0.3) is 0 Å². The van der Waals surface area contributed by atoms with Crippen LogP contribution in [-0.4, -0.2) is 52.5 Å². The van der Waals surface area contributed by atoms with Crippen LogP contribution in [0.4, 0.5) is 26.3 Å². The van der Waals surface area contributed by atoms with Crippen LogP contribution in [0, 0.1) is 12.8 Å². The number of aromatic nitrogens is 2. The molecular formula is C23H25F6N3O3. The van der Waals surface area contributed by atoms with Crippen molar-refractivity contribution < 1.29 is 35.9 Å². The van der Waals surface area contributed by atoms with Crippen molar-refractivity contribution >= 4 is 5.91 Å². The van der Waals surface area contributed by atoms with E-state index in [2.05, 4.69) is 4.98 Å². The summed E-state index contributed by atoms with van der Waals surface area (Å²) in [6, 6.07) is 8.66. The quantitative estimate of drug-likeness (QED) is 0.530. The van der Waals surface area contributed by atoms with Gasteiger partial charge in [0.2, 0.25) is 5.91 Å². The van der Waals surface area contributed by atoms with Gasteiger partial charge in [-0.1, -0.05) is 30.3 Å². The van der Waals surface area contributed by atoms with Crippen LogP contribution >= 0.6 is 0 Å². The molecule has 0 aliphatic carbocycles. The van der Waals surface area contributed by atoms with Gasteiger partial charge in [0.15, 0.2) is 5.92 Å². The Kier molecular flexibility index (Phi) is 7.93. The first-order chi connectivity index (χ1) is 16.3. The fourth-order valence-electron chi connectivity index (χ4n) is 4.15. The molecule has 1 atom stereocenters. The van der Waals surface area contributed by atoms with E-state index in [1.54, 1.807) is 6.92 Å². The Morgan fingerprint density at radius 1 is 1.11 bits per heavy atom. The lowest BCUT2D eigenvalue weighted by molar-refractivity contribution is -0.284. The van der Waals surface area contributed by atoms with Crippen LogP contribution in [0.3, 0.4) is 0 Å². The first-order valence-corrected chi connectivity index (χ1v) is 11.0. The topological polar surface area (TPSA) is 64.4 Å². The minimum Gasteiger partial charge on any atom is -0.379 e. The summed E-state index contributed by atoms with van der Waals surface area (Å²) >= 11 is 0. The molecule has 0 spiro atoms. The first-order valence-electron chi connectivity index (χ1n) is 11.0. The minimum atomic E-state index is -5.60. The van der Waals surface area contributed by atoms with E-state index < -0.39 is 36.6 Å². The van der Waals surface area contributed by atoms with Crippen LogP contribution < -0.4 is 5.56 Å². The molecule has 1 aliphatic rings. The monoisotopic (exact) mass is 505 g/mol. The summed E-state index contributed by atoms with van der Waals surface area (Å²) in [6.45, 7) is 3.49. The number of ether oxygens (including phenoxy) is 1. The van der Waals surface area contributed by atoms with Crippen molar-refractivity contribution in [1.82, 2.24) is 14.5 Å². The second-order valence-electron chi connectivity index (χ2n) is 8.25. The van der Waals surface area contributed by atoms with E-state index in [0.717, 1.165) is 10.5 Å². The standard InChI is InChI=1S/C23H25F6N3O3/c1-3-35-13-18(15-7-5-4-6-8-15)32-14(2)30-17-12-31(10-9-16(17)21(32)34)20(33)11-19(22(24,25)26)23(27,28)29/h4-8,18-19H,3,9-13H2,1-2H3. The lowest BCUT2D eigenvalue weighted by Gasteiger charge is -2.31. The molecular weight excluding hydrogens is 480 g/mol. The van der Waals surface area contributed by atoms with Crippen LogP contribution in [0.15, 0.2) is 35.1 Å². The van der Waals surface area contributed by atoms with Crippen molar-refractivity contribution in [3.05, 3.63) is 63.3 Å². The maximum Gasteiger partial charge on any atom is 0.400 e. The fourth-order valence-corrected chi connectivity index (χ4v) is 4.15. The zero-order valence-electron chi connectivity index (χ0n) is 19.1. The van der Waals surface area contributed by atoms with Crippen LogP contribution in [0.1, 0.15) is 42.0 Å². The second kappa shape index (κ2) is 10.4. The molecule has 192 valence electrons. The number of hydrogen-bond acceptors (Lipinski definition) is 4. The molecule has 0 radical (unpaired) electrons. The van der Waals surface area contributed by atoms with Gasteiger partial charge in [-0.05, 0) is 25.8 Å². The number of benzene rings is 1. The van der Waals surface area contributed by atoms with E-state index >= 15 is 0 Å². The Labute approximate surface area is 197 Å². The Morgan fingerprint density at radius 3 is 2.31 bits per heavy atom. The number of alkyl halides is 6. The number of amides is 1. The number of carbonyl (C=O) groups is 1. The maximum atomic E-state index is 13.4. The Balaban J connectivity index is 1.90. The molecule has 3 rings (SSSR count). The largest absolute Gasteiger partial charge is 0.400 e. The van der Waals surface area contributed by atoms with Crippen LogP contribution in [0.5, 0.6) is 0 Å². The maximum absolute atomic E-state index is 13.4. The molecule has 2 heterocycles. The van der Waals surface area contributed by atoms with Crippen molar-refractivity contribution in [2.75, 3.05) is 19.8 Å². The van der Waals surface area contributed by atoms with Gasteiger partial charge in [-0.2, -0.15) is 26.3 Å². The molecule has 1 unspecified atom stereocenters. The number of aryl methyl sites for hydroxylation is 1. The highest BCUT2D eigenvalue weighted by Gasteiger charge is 2.57. The van der Waals surface area contributed by atoms with Crippen LogP contribution in [-0.2, 0) is 22.5 Å². The summed E-state index contributed by atoms with van der Waals surface area (Å²) in [7, 11) is 0. The van der Waals surface area contributed by atoms with E-state index in [0.29, 0.717) is 12.4 Å². The average molecular weight is 505 g/mol. The third kappa shape index (κ3) is 6.03. The molecule has 35 heavy (non-hydrogen) atoms. The smallest absolute Gasteiger partial charge is 0.379 e. The van der Waals surface area contributed by atoms with Crippen molar-refractivity contribution in [3.63, 3.8) is 0 Å². The normalized spacial score (nSPS) is 15.3. The predicted molar refractivity (Wildman–Crippen MR) is 114 cm³/mol. The van der Waals surface area contributed by atoms with Crippen molar-refractivity contribution in [2.24, 2.45) is 5.92 Å². The molecule has 0 bridgehead atoms. The summed E-state index contributed by atoms with van der Waals surface area (Å²) in [5.41, 5.74) is 0.880. The zero-order chi connectivity index (χ0) is 26.0. The second-order valence-corrected chi connectivity index (χ2v) is 8.25. The molecule has 0 saturated carbocycles. The van der Waals surface area contributed by atoms with Gasteiger partial charge in [-0.3, -0.25) is 14.2 Å². The van der Waals surface area contributed by atoms with E-state index in [9.17, 15) is 35.9 Å². The molecule has 1 amide bonds. The van der Waals surface area contributed by atoms with Gasteiger partial charge >= 0.3 is 12.4 Å². The van der Waals surface area contributed by atoms with Gasteiger partial charge in [0.05, 0.1) is 24.9 Å². The molecule has 0 fully saturated rings. The molecule has 6 nitrogen and oxygen atoms in total. The first kappa shape index (κ1) is 26.7. The zero-order valence-corrected chi connectivity index (χ0v) is 19.1. The number of carbonyl (C=O) groups excluding carboxylic acids is 1. The molecule has 2 aromatic rings. The summed E-state index contributed by atoms with van der Waals surface area (Å²) in [4.78, 5) is 31.0. The van der Waals surface area contributed by atoms with Gasteiger partial charge in [0.25, 0.3) is 5.56 Å². The lowest BCUT2D eigenvalue weighted by atomic mass is 10.0. The fraction of sp³-hybridized carbons (Fsp3) is 0.522. The number of fused-ring (bicyclic) bond motifs is 1. The summed E-state index contributed by atoms with van der Waals surface area (Å²) < 4.78 is 84.3. The molecule has 1 aliphatic heterocycles. The lowest BCUT2D eigenvalue weighted by Crippen LogP contribution is -2.45. The van der Waals surface area contributed by atoms with Crippen LogP contribution in [0.2, 0.25) is 0 Å². The molecule has 1 aromatic heterocycles. The number of hydrogen-bond donors (Lipinski definition) is 0. The number of halogens is 6. The van der Waals surface area contributed by atoms with Crippen molar-refractivity contribution in [1.29, 1.82) is 0 Å². The Morgan fingerprint density at radius 2 is 1.74 bits per heavy atom. The summed E-state index contributed by atoms with van der Waals surface area (Å²) in [6.07, 6.45) is -13.0. The predicted octanol–water partition coefficient (Wildman–Crippen LogP) is 4.19. The average Bonchev–Trinajstić information content (AvgIpc) is 2.78. The summed E-state index contributed by atoms with van der Waals surface area (Å²) in [5, 5.41) is 0. The van der Waals surface area contributed by atoms with Gasteiger partial charge in [0, 0.05) is 25.1 Å². The van der Waals surface area contributed by atoms with E-state index in [-0.39, 0.29) is 42.9 Å². The van der Waals surface area contributed by atoms with Gasteiger partial charge < -0.3 is 9.64 Å². The van der Waals surface area contributed by atoms with E-state index in [1.807, 2.05) is 37.3 Å². The van der Waals surface area contributed by atoms with Gasteiger partial charge in [0.1, 0.15) is 5.82 Å². The highest BCUT2D eigenvalue weighted by atomic mass is 19.4. The van der Waals surface area contributed by atoms with Gasteiger partial charge in [-0.15, -0.1) is 0 Å². The molecule has 12 heteroatoms. The third-order valence-electron chi connectivity index (χ3n) is 5.94. The third-order valence-corrected chi connectivity index (χ3v) is 5.94. The van der Waals surface area contributed by atoms with E-state index in [1.165, 1.54) is 4.57 Å². The summed E-state index contributed by atoms with van der Waals surface area (Å²) in [5.74, 6) is -4.76. The SMILES string of the molecule is CCOCC(c1ccccc1)n1c(C)nc2c(c1=O)CCN(C(=O)CC(C(F)(F)F)C(F)(F)F)C2. The molecule has 0 saturated heterocycles. The molecule has 0 N–H and O–H groups in total. The highest BCUT2D eigenvalue weighted by Crippen LogP contribution is 2.41. The Bertz CT molecular complexity index is 1080. The Hall–Kier alpha value is -2.89. The van der Waals surface area contributed by atoms with Crippen molar-refractivity contribution in [3.8, 4) is 0 Å². The number of rotatable bonds is 7. The van der Waals surface area contributed by atoms with E-state index in [4.69, 9.17) is 4.74 Å². The number of nitrogens with zero attached hydrogens (tertiary/aromatic N) is 3. The minimum absolute atomic E-state index is 0.0357. The molecule has 1 aromatic carbocycles. The van der Waals surface area contributed by atoms with Gasteiger partial charge in [-0.25, -0.2) is 4.98 Å².